The van der Waals surface area contributed by atoms with Crippen molar-refractivity contribution >= 4 is 23.6 Å². The van der Waals surface area contributed by atoms with Gasteiger partial charge >= 0.3 is 0 Å². The van der Waals surface area contributed by atoms with E-state index in [2.05, 4.69) is 10.6 Å². The lowest BCUT2D eigenvalue weighted by molar-refractivity contribution is -0.111. The van der Waals surface area contributed by atoms with Gasteiger partial charge in [0, 0.05) is 29.9 Å². The van der Waals surface area contributed by atoms with Crippen molar-refractivity contribution < 1.29 is 19.1 Å². The van der Waals surface area contributed by atoms with Crippen LogP contribution < -0.4 is 20.1 Å². The highest BCUT2D eigenvalue weighted by atomic mass is 16.5. The van der Waals surface area contributed by atoms with Gasteiger partial charge in [0.15, 0.2) is 0 Å². The second-order valence-electron chi connectivity index (χ2n) is 5.09. The lowest BCUT2D eigenvalue weighted by atomic mass is 10.1. The summed E-state index contributed by atoms with van der Waals surface area (Å²) >= 11 is 0. The molecule has 2 aromatic rings. The highest BCUT2D eigenvalue weighted by molar-refractivity contribution is 6.02. The van der Waals surface area contributed by atoms with Crippen LogP contribution in [0.1, 0.15) is 15.9 Å². The third-order valence-corrected chi connectivity index (χ3v) is 3.49. The van der Waals surface area contributed by atoms with Crippen LogP contribution in [0.15, 0.2) is 48.5 Å². The van der Waals surface area contributed by atoms with Crippen LogP contribution in [0.25, 0.3) is 6.08 Å². The van der Waals surface area contributed by atoms with Gasteiger partial charge < -0.3 is 20.1 Å². The lowest BCUT2D eigenvalue weighted by Crippen LogP contribution is -2.17. The Kier molecular flexibility index (Phi) is 6.17. The molecule has 6 heteroatoms. The Balaban J connectivity index is 2.07. The first-order chi connectivity index (χ1) is 12.1. The zero-order chi connectivity index (χ0) is 18.2. The average molecular weight is 340 g/mol. The number of methoxy groups -OCH3 is 2. The van der Waals surface area contributed by atoms with Gasteiger partial charge in [-0.3, -0.25) is 9.59 Å². The first kappa shape index (κ1) is 18.1. The van der Waals surface area contributed by atoms with Crippen LogP contribution in [-0.2, 0) is 4.79 Å². The Morgan fingerprint density at radius 1 is 1.00 bits per heavy atom. The Hall–Kier alpha value is -3.28. The molecular formula is C19H20N2O4. The van der Waals surface area contributed by atoms with E-state index in [1.807, 2.05) is 0 Å². The number of ether oxygens (including phenoxy) is 2. The molecule has 2 aromatic carbocycles. The number of hydrogen-bond donors (Lipinski definition) is 2. The van der Waals surface area contributed by atoms with Crippen LogP contribution in [0.2, 0.25) is 0 Å². The van der Waals surface area contributed by atoms with E-state index in [1.54, 1.807) is 69.8 Å². The number of carbonyl (C=O) groups excluding carboxylic acids is 2. The molecule has 0 unspecified atom stereocenters. The van der Waals surface area contributed by atoms with Gasteiger partial charge in [0.1, 0.15) is 11.5 Å². The fraction of sp³-hybridized carbons (Fsp3) is 0.158. The molecule has 0 spiro atoms. The summed E-state index contributed by atoms with van der Waals surface area (Å²) in [4.78, 5) is 23.6. The summed E-state index contributed by atoms with van der Waals surface area (Å²) in [6.45, 7) is 0. The molecule has 0 heterocycles. The van der Waals surface area contributed by atoms with Crippen LogP contribution in [0.4, 0.5) is 5.69 Å². The number of amides is 2. The number of rotatable bonds is 6. The summed E-state index contributed by atoms with van der Waals surface area (Å²) in [6.07, 6.45) is 3.06. The second kappa shape index (κ2) is 8.54. The molecule has 0 saturated heterocycles. The Bertz CT molecular complexity index is 783. The van der Waals surface area contributed by atoms with Crippen molar-refractivity contribution in [1.82, 2.24) is 5.32 Å². The quantitative estimate of drug-likeness (QED) is 0.793. The molecule has 2 amide bonds. The summed E-state index contributed by atoms with van der Waals surface area (Å²) in [7, 11) is 4.70. The van der Waals surface area contributed by atoms with Gasteiger partial charge in [-0.15, -0.1) is 0 Å². The van der Waals surface area contributed by atoms with Crippen molar-refractivity contribution in [3.63, 3.8) is 0 Å². The van der Waals surface area contributed by atoms with E-state index in [-0.39, 0.29) is 11.8 Å². The predicted octanol–water partition coefficient (Wildman–Crippen LogP) is 2.72. The summed E-state index contributed by atoms with van der Waals surface area (Å²) in [5, 5.41) is 5.27. The van der Waals surface area contributed by atoms with Gasteiger partial charge in [-0.2, -0.15) is 0 Å². The largest absolute Gasteiger partial charge is 0.497 e. The molecule has 25 heavy (non-hydrogen) atoms. The third-order valence-electron chi connectivity index (χ3n) is 3.49. The van der Waals surface area contributed by atoms with Gasteiger partial charge in [-0.1, -0.05) is 0 Å². The van der Waals surface area contributed by atoms with Gasteiger partial charge in [0.2, 0.25) is 5.91 Å². The van der Waals surface area contributed by atoms with Crippen LogP contribution in [0.3, 0.4) is 0 Å². The van der Waals surface area contributed by atoms with E-state index in [4.69, 9.17) is 9.47 Å². The predicted molar refractivity (Wildman–Crippen MR) is 97.0 cm³/mol. The molecule has 0 aliphatic rings. The molecule has 130 valence electrons. The molecule has 0 atom stereocenters. The van der Waals surface area contributed by atoms with Crippen molar-refractivity contribution in [2.24, 2.45) is 0 Å². The fourth-order valence-electron chi connectivity index (χ4n) is 2.17. The van der Waals surface area contributed by atoms with E-state index in [9.17, 15) is 9.59 Å². The molecule has 0 saturated carbocycles. The van der Waals surface area contributed by atoms with E-state index in [1.165, 1.54) is 6.08 Å². The number of benzene rings is 2. The van der Waals surface area contributed by atoms with Gasteiger partial charge in [-0.05, 0) is 48.5 Å². The van der Waals surface area contributed by atoms with Crippen LogP contribution in [0.5, 0.6) is 11.5 Å². The number of nitrogens with one attached hydrogen (secondary N) is 2. The van der Waals surface area contributed by atoms with Crippen molar-refractivity contribution in [3.05, 3.63) is 59.7 Å². The lowest BCUT2D eigenvalue weighted by Gasteiger charge is -2.07. The second-order valence-corrected chi connectivity index (χ2v) is 5.09. The molecular weight excluding hydrogens is 320 g/mol. The topological polar surface area (TPSA) is 76.7 Å². The van der Waals surface area contributed by atoms with Gasteiger partial charge in [-0.25, -0.2) is 0 Å². The van der Waals surface area contributed by atoms with E-state index in [0.29, 0.717) is 22.7 Å². The summed E-state index contributed by atoms with van der Waals surface area (Å²) in [5.41, 5.74) is 1.85. The minimum atomic E-state index is -0.294. The third kappa shape index (κ3) is 4.84. The highest BCUT2D eigenvalue weighted by Gasteiger charge is 2.05. The number of carbonyl (C=O) groups is 2. The average Bonchev–Trinajstić information content (AvgIpc) is 2.66. The highest BCUT2D eigenvalue weighted by Crippen LogP contribution is 2.25. The first-order valence-corrected chi connectivity index (χ1v) is 7.60. The normalized spacial score (nSPS) is 10.4. The standard InChI is InChI=1S/C19H20N2O4/c1-20-19(23)13-4-7-15(8-5-13)21-18(22)11-6-14-12-16(24-2)9-10-17(14)25-3/h4-12H,1-3H3,(H,20,23)(H,21,22)/b11-6+. The zero-order valence-corrected chi connectivity index (χ0v) is 14.3. The maximum Gasteiger partial charge on any atom is 0.251 e. The SMILES string of the molecule is CNC(=O)c1ccc(NC(=O)/C=C/c2cc(OC)ccc2OC)cc1. The van der Waals surface area contributed by atoms with Gasteiger partial charge in [0.05, 0.1) is 14.2 Å². The van der Waals surface area contributed by atoms with Crippen molar-refractivity contribution in [2.75, 3.05) is 26.6 Å². The first-order valence-electron chi connectivity index (χ1n) is 7.60. The fourth-order valence-corrected chi connectivity index (χ4v) is 2.17. The molecule has 0 aliphatic heterocycles. The van der Waals surface area contributed by atoms with Crippen molar-refractivity contribution in [1.29, 1.82) is 0 Å². The van der Waals surface area contributed by atoms with Crippen LogP contribution in [-0.4, -0.2) is 33.1 Å². The molecule has 0 aliphatic carbocycles. The maximum atomic E-state index is 12.1. The maximum absolute atomic E-state index is 12.1. The van der Waals surface area contributed by atoms with Crippen molar-refractivity contribution in [3.8, 4) is 11.5 Å². The summed E-state index contributed by atoms with van der Waals surface area (Å²) in [5.74, 6) is 0.839. The molecule has 0 bridgehead atoms. The Morgan fingerprint density at radius 3 is 2.32 bits per heavy atom. The number of anilines is 1. The van der Waals surface area contributed by atoms with E-state index < -0.39 is 0 Å². The molecule has 2 rings (SSSR count). The molecule has 2 N–H and O–H groups in total. The zero-order valence-electron chi connectivity index (χ0n) is 14.3. The minimum Gasteiger partial charge on any atom is -0.497 e. The van der Waals surface area contributed by atoms with Gasteiger partial charge in [0.25, 0.3) is 5.91 Å². The Morgan fingerprint density at radius 2 is 1.72 bits per heavy atom. The molecule has 0 fully saturated rings. The monoisotopic (exact) mass is 340 g/mol. The summed E-state index contributed by atoms with van der Waals surface area (Å²) in [6, 6.07) is 12.0. The van der Waals surface area contributed by atoms with Crippen LogP contribution in [0, 0.1) is 0 Å². The van der Waals surface area contributed by atoms with E-state index in [0.717, 1.165) is 5.56 Å². The smallest absolute Gasteiger partial charge is 0.251 e. The van der Waals surface area contributed by atoms with Crippen LogP contribution >= 0.6 is 0 Å². The minimum absolute atomic E-state index is 0.178. The molecule has 6 nitrogen and oxygen atoms in total. The summed E-state index contributed by atoms with van der Waals surface area (Å²) < 4.78 is 10.4. The van der Waals surface area contributed by atoms with E-state index >= 15 is 0 Å². The van der Waals surface area contributed by atoms with Crippen molar-refractivity contribution in [2.45, 2.75) is 0 Å². The molecule has 0 aromatic heterocycles. The Labute approximate surface area is 146 Å². The number of hydrogen-bond acceptors (Lipinski definition) is 4. The molecule has 0 radical (unpaired) electrons.